The number of carbonyl (C=O) groups excluding carboxylic acids is 1. The molecule has 156 valence electrons. The summed E-state index contributed by atoms with van der Waals surface area (Å²) in [5.74, 6) is 0.568. The molecule has 0 radical (unpaired) electrons. The van der Waals surface area contributed by atoms with Crippen LogP contribution in [-0.2, 0) is 14.8 Å². The maximum Gasteiger partial charge on any atom is 0.243 e. The zero-order valence-electron chi connectivity index (χ0n) is 16.5. The largest absolute Gasteiger partial charge is 0.495 e. The molecule has 2 fully saturated rings. The molecule has 1 N–H and O–H groups in total. The van der Waals surface area contributed by atoms with Gasteiger partial charge in [-0.25, -0.2) is 8.42 Å². The van der Waals surface area contributed by atoms with Crippen molar-refractivity contribution in [2.45, 2.75) is 56.4 Å². The second-order valence-electron chi connectivity index (χ2n) is 7.88. The minimum absolute atomic E-state index is 0.0218. The number of halogens is 1. The summed E-state index contributed by atoms with van der Waals surface area (Å²) in [5.41, 5.74) is 0. The maximum atomic E-state index is 13.0. The van der Waals surface area contributed by atoms with E-state index in [4.69, 9.17) is 16.3 Å². The Morgan fingerprint density at radius 3 is 2.64 bits per heavy atom. The van der Waals surface area contributed by atoms with Gasteiger partial charge in [-0.05, 0) is 49.8 Å². The first kappa shape index (κ1) is 21.4. The van der Waals surface area contributed by atoms with E-state index in [1.807, 2.05) is 0 Å². The van der Waals surface area contributed by atoms with Gasteiger partial charge in [0.25, 0.3) is 0 Å². The number of nitrogens with zero attached hydrogens (tertiary/aromatic N) is 1. The summed E-state index contributed by atoms with van der Waals surface area (Å²) in [7, 11) is -2.22. The predicted molar refractivity (Wildman–Crippen MR) is 109 cm³/mol. The molecule has 1 aromatic rings. The van der Waals surface area contributed by atoms with Crippen LogP contribution in [0.3, 0.4) is 0 Å². The van der Waals surface area contributed by atoms with E-state index in [0.29, 0.717) is 31.1 Å². The van der Waals surface area contributed by atoms with Crippen LogP contribution in [0.15, 0.2) is 23.1 Å². The van der Waals surface area contributed by atoms with Crippen LogP contribution in [0.4, 0.5) is 0 Å². The van der Waals surface area contributed by atoms with Gasteiger partial charge in [0.1, 0.15) is 5.75 Å². The molecule has 28 heavy (non-hydrogen) atoms. The lowest BCUT2D eigenvalue weighted by atomic mass is 9.85. The Hall–Kier alpha value is -1.31. The number of sulfonamides is 1. The summed E-state index contributed by atoms with van der Waals surface area (Å²) >= 11 is 6.10. The van der Waals surface area contributed by atoms with Gasteiger partial charge in [0.15, 0.2) is 0 Å². The molecule has 0 spiro atoms. The van der Waals surface area contributed by atoms with Crippen LogP contribution in [0.5, 0.6) is 5.75 Å². The van der Waals surface area contributed by atoms with E-state index in [2.05, 4.69) is 12.2 Å². The monoisotopic (exact) mass is 428 g/mol. The quantitative estimate of drug-likeness (QED) is 0.779. The number of hydrogen-bond acceptors (Lipinski definition) is 4. The van der Waals surface area contributed by atoms with Crippen LogP contribution < -0.4 is 10.1 Å². The van der Waals surface area contributed by atoms with E-state index in [0.717, 1.165) is 19.3 Å². The first-order valence-electron chi connectivity index (χ1n) is 9.97. The Balaban J connectivity index is 1.69. The Morgan fingerprint density at radius 1 is 1.21 bits per heavy atom. The summed E-state index contributed by atoms with van der Waals surface area (Å²) < 4.78 is 32.6. The Morgan fingerprint density at radius 2 is 1.96 bits per heavy atom. The van der Waals surface area contributed by atoms with Gasteiger partial charge in [-0.2, -0.15) is 4.31 Å². The number of piperidine rings is 1. The van der Waals surface area contributed by atoms with E-state index < -0.39 is 10.0 Å². The number of benzene rings is 1. The number of carbonyl (C=O) groups is 1. The number of methoxy groups -OCH3 is 1. The van der Waals surface area contributed by atoms with Crippen LogP contribution in [0.2, 0.25) is 5.02 Å². The molecule has 0 aromatic heterocycles. The third-order valence-corrected chi connectivity index (χ3v) is 8.11. The summed E-state index contributed by atoms with van der Waals surface area (Å²) in [4.78, 5) is 12.9. The van der Waals surface area contributed by atoms with Gasteiger partial charge >= 0.3 is 0 Å². The van der Waals surface area contributed by atoms with Gasteiger partial charge in [-0.15, -0.1) is 0 Å². The van der Waals surface area contributed by atoms with Gasteiger partial charge < -0.3 is 10.1 Å². The molecule has 2 aliphatic rings. The van der Waals surface area contributed by atoms with E-state index in [-0.39, 0.29) is 34.3 Å². The molecule has 1 aliphatic carbocycles. The number of hydrogen-bond donors (Lipinski definition) is 1. The molecule has 0 unspecified atom stereocenters. The van der Waals surface area contributed by atoms with Crippen molar-refractivity contribution in [3.8, 4) is 5.75 Å². The van der Waals surface area contributed by atoms with Crippen LogP contribution in [0.25, 0.3) is 0 Å². The number of rotatable bonds is 5. The highest BCUT2D eigenvalue weighted by molar-refractivity contribution is 7.89. The minimum Gasteiger partial charge on any atom is -0.495 e. The summed E-state index contributed by atoms with van der Waals surface area (Å²) in [6.45, 7) is 2.80. The molecule has 1 aromatic carbocycles. The lowest BCUT2D eigenvalue weighted by molar-refractivity contribution is -0.127. The zero-order chi connectivity index (χ0) is 20.3. The van der Waals surface area contributed by atoms with E-state index in [1.54, 1.807) is 6.07 Å². The molecule has 1 saturated carbocycles. The van der Waals surface area contributed by atoms with Crippen molar-refractivity contribution in [2.75, 3.05) is 20.2 Å². The SMILES string of the molecule is COc1ccc(S(=O)(=O)N2CCC[C@@H](C(=O)N[C@H]3CCCC[C@H]3C)C2)cc1Cl. The fourth-order valence-corrected chi connectivity index (χ4v) is 6.04. The van der Waals surface area contributed by atoms with Crippen molar-refractivity contribution < 1.29 is 17.9 Å². The van der Waals surface area contributed by atoms with Crippen molar-refractivity contribution in [1.82, 2.24) is 9.62 Å². The van der Waals surface area contributed by atoms with Gasteiger partial charge in [-0.1, -0.05) is 31.4 Å². The first-order valence-corrected chi connectivity index (χ1v) is 11.8. The van der Waals surface area contributed by atoms with Gasteiger partial charge in [0.05, 0.1) is 22.9 Å². The third kappa shape index (κ3) is 4.63. The van der Waals surface area contributed by atoms with Crippen LogP contribution in [0, 0.1) is 11.8 Å². The Kier molecular flexibility index (Phi) is 6.89. The third-order valence-electron chi connectivity index (χ3n) is 5.96. The van der Waals surface area contributed by atoms with Crippen molar-refractivity contribution in [3.63, 3.8) is 0 Å². The molecular formula is C20H29ClN2O4S. The normalized spacial score (nSPS) is 26.6. The predicted octanol–water partition coefficient (Wildman–Crippen LogP) is 3.44. The zero-order valence-corrected chi connectivity index (χ0v) is 18.1. The van der Waals surface area contributed by atoms with E-state index >= 15 is 0 Å². The van der Waals surface area contributed by atoms with Crippen molar-refractivity contribution in [1.29, 1.82) is 0 Å². The maximum absolute atomic E-state index is 13.0. The highest BCUT2D eigenvalue weighted by Crippen LogP contribution is 2.30. The van der Waals surface area contributed by atoms with E-state index in [9.17, 15) is 13.2 Å². The summed E-state index contributed by atoms with van der Waals surface area (Å²) in [6.07, 6.45) is 5.87. The second-order valence-corrected chi connectivity index (χ2v) is 10.2. The fraction of sp³-hybridized carbons (Fsp3) is 0.650. The summed E-state index contributed by atoms with van der Waals surface area (Å²) in [6, 6.07) is 4.65. The van der Waals surface area contributed by atoms with Crippen molar-refractivity contribution in [3.05, 3.63) is 23.2 Å². The highest BCUT2D eigenvalue weighted by atomic mass is 35.5. The average Bonchev–Trinajstić information content (AvgIpc) is 2.69. The molecule has 1 saturated heterocycles. The molecule has 1 aliphatic heterocycles. The first-order chi connectivity index (χ1) is 13.3. The molecule has 1 heterocycles. The molecule has 6 nitrogen and oxygen atoms in total. The van der Waals surface area contributed by atoms with Gasteiger partial charge in [-0.3, -0.25) is 4.79 Å². The van der Waals surface area contributed by atoms with Crippen LogP contribution >= 0.6 is 11.6 Å². The summed E-state index contributed by atoms with van der Waals surface area (Å²) in [5, 5.41) is 3.43. The lowest BCUT2D eigenvalue weighted by Crippen LogP contribution is -2.49. The molecular weight excluding hydrogens is 400 g/mol. The molecule has 3 rings (SSSR count). The van der Waals surface area contributed by atoms with Crippen molar-refractivity contribution in [2.24, 2.45) is 11.8 Å². The highest BCUT2D eigenvalue weighted by Gasteiger charge is 2.35. The molecule has 3 atom stereocenters. The standard InChI is InChI=1S/C20H29ClN2O4S/c1-14-6-3-4-8-18(14)22-20(24)15-7-5-11-23(13-15)28(25,26)16-9-10-19(27-2)17(21)12-16/h9-10,12,14-15,18H,3-8,11,13H2,1-2H3,(H,22,24)/t14-,15-,18+/m1/s1. The Bertz CT molecular complexity index is 814. The molecule has 0 bridgehead atoms. The average molecular weight is 429 g/mol. The van der Waals surface area contributed by atoms with E-state index in [1.165, 1.54) is 30.0 Å². The topological polar surface area (TPSA) is 75.7 Å². The van der Waals surface area contributed by atoms with Gasteiger partial charge in [0, 0.05) is 19.1 Å². The number of nitrogens with one attached hydrogen (secondary N) is 1. The number of ether oxygens (including phenoxy) is 1. The van der Waals surface area contributed by atoms with Crippen molar-refractivity contribution >= 4 is 27.5 Å². The second kappa shape index (κ2) is 9.01. The van der Waals surface area contributed by atoms with Crippen LogP contribution in [0.1, 0.15) is 45.4 Å². The van der Waals surface area contributed by atoms with Crippen LogP contribution in [-0.4, -0.2) is 44.9 Å². The lowest BCUT2D eigenvalue weighted by Gasteiger charge is -2.34. The number of amides is 1. The minimum atomic E-state index is -3.71. The Labute approximate surface area is 172 Å². The fourth-order valence-electron chi connectivity index (χ4n) is 4.16. The van der Waals surface area contributed by atoms with Gasteiger partial charge in [0.2, 0.25) is 15.9 Å². The molecule has 8 heteroatoms. The molecule has 1 amide bonds. The smallest absolute Gasteiger partial charge is 0.243 e.